The van der Waals surface area contributed by atoms with E-state index in [0.29, 0.717) is 31.0 Å². The van der Waals surface area contributed by atoms with E-state index in [1.54, 1.807) is 20.1 Å². The summed E-state index contributed by atoms with van der Waals surface area (Å²) >= 11 is 0. The molecule has 8 nitrogen and oxygen atoms in total. The van der Waals surface area contributed by atoms with E-state index < -0.39 is 18.0 Å². The molecule has 10 heteroatoms. The average Bonchev–Trinajstić information content (AvgIpc) is 3.09. The maximum absolute atomic E-state index is 13.9. The zero-order chi connectivity index (χ0) is 29.4. The third kappa shape index (κ3) is 8.65. The summed E-state index contributed by atoms with van der Waals surface area (Å²) in [6, 6.07) is 10.1. The molecule has 2 bridgehead atoms. The minimum Gasteiger partial charge on any atom is -0.371 e. The van der Waals surface area contributed by atoms with Crippen molar-refractivity contribution in [1.82, 2.24) is 20.9 Å². The molecule has 4 rings (SSSR count). The van der Waals surface area contributed by atoms with Gasteiger partial charge in [-0.25, -0.2) is 4.99 Å². The SMILES string of the molecule is COC(CCNC(O)C1=NC2C=CC=CC(C2)N1Cc1ccccc1)NC1/C=C/N=C(C(C)(F)F)N/C(C)=C/C1C. The van der Waals surface area contributed by atoms with Crippen LogP contribution in [0.4, 0.5) is 8.78 Å². The van der Waals surface area contributed by atoms with Crippen molar-refractivity contribution < 1.29 is 18.6 Å². The van der Waals surface area contributed by atoms with Crippen LogP contribution in [0.3, 0.4) is 0 Å². The third-order valence-corrected chi connectivity index (χ3v) is 7.41. The molecule has 1 aromatic rings. The molecule has 2 aliphatic heterocycles. The first kappa shape index (κ1) is 30.8. The van der Waals surface area contributed by atoms with Crippen molar-refractivity contribution in [3.8, 4) is 0 Å². The molecule has 2 heterocycles. The van der Waals surface area contributed by atoms with E-state index in [1.807, 2.05) is 37.3 Å². The van der Waals surface area contributed by atoms with E-state index in [2.05, 4.69) is 56.2 Å². The molecule has 41 heavy (non-hydrogen) atoms. The van der Waals surface area contributed by atoms with Gasteiger partial charge in [0.25, 0.3) is 0 Å². The van der Waals surface area contributed by atoms with Gasteiger partial charge in [0.1, 0.15) is 12.1 Å². The van der Waals surface area contributed by atoms with Crippen LogP contribution in [0.2, 0.25) is 0 Å². The Morgan fingerprint density at radius 3 is 2.68 bits per heavy atom. The molecule has 0 aromatic heterocycles. The molecule has 1 aromatic carbocycles. The molecule has 3 aliphatic rings. The molecule has 0 spiro atoms. The van der Waals surface area contributed by atoms with E-state index in [9.17, 15) is 13.9 Å². The van der Waals surface area contributed by atoms with Crippen molar-refractivity contribution in [2.45, 2.75) is 76.7 Å². The summed E-state index contributed by atoms with van der Waals surface area (Å²) < 4.78 is 33.5. The predicted molar refractivity (Wildman–Crippen MR) is 159 cm³/mol. The predicted octanol–water partition coefficient (Wildman–Crippen LogP) is 4.09. The molecule has 0 radical (unpaired) electrons. The lowest BCUT2D eigenvalue weighted by Crippen LogP contribution is -2.53. The van der Waals surface area contributed by atoms with Crippen molar-refractivity contribution in [3.05, 3.63) is 84.2 Å². The number of ether oxygens (including phenoxy) is 1. The normalized spacial score (nSPS) is 28.1. The smallest absolute Gasteiger partial charge is 0.301 e. The van der Waals surface area contributed by atoms with Crippen LogP contribution in [0, 0.1) is 5.92 Å². The molecule has 0 fully saturated rings. The van der Waals surface area contributed by atoms with Gasteiger partial charge in [0, 0.05) is 45.1 Å². The zero-order valence-electron chi connectivity index (χ0n) is 24.2. The highest BCUT2D eigenvalue weighted by Gasteiger charge is 2.33. The Kier molecular flexibility index (Phi) is 10.6. The lowest BCUT2D eigenvalue weighted by Gasteiger charge is -2.39. The molecule has 4 N–H and O–H groups in total. The Hall–Kier alpha value is -3.18. The van der Waals surface area contributed by atoms with Gasteiger partial charge < -0.3 is 20.1 Å². The summed E-state index contributed by atoms with van der Waals surface area (Å²) in [5, 5.41) is 20.6. The van der Waals surface area contributed by atoms with Gasteiger partial charge in [0.05, 0.1) is 12.1 Å². The Bertz CT molecular complexity index is 1190. The minimum atomic E-state index is -3.08. The topological polar surface area (TPSA) is 93.5 Å². The van der Waals surface area contributed by atoms with Gasteiger partial charge in [0.15, 0.2) is 12.1 Å². The fourth-order valence-electron chi connectivity index (χ4n) is 5.24. The van der Waals surface area contributed by atoms with Gasteiger partial charge in [0.2, 0.25) is 0 Å². The molecular formula is C31H42F2N6O2. The third-order valence-electron chi connectivity index (χ3n) is 7.41. The van der Waals surface area contributed by atoms with Gasteiger partial charge >= 0.3 is 5.92 Å². The quantitative estimate of drug-likeness (QED) is 0.301. The van der Waals surface area contributed by atoms with Gasteiger partial charge in [-0.2, -0.15) is 8.78 Å². The van der Waals surface area contributed by atoms with Crippen molar-refractivity contribution in [3.63, 3.8) is 0 Å². The Labute approximate surface area is 241 Å². The number of aliphatic hydroxyl groups excluding tert-OH is 1. The first-order valence-electron chi connectivity index (χ1n) is 14.2. The second-order valence-electron chi connectivity index (χ2n) is 10.8. The summed E-state index contributed by atoms with van der Waals surface area (Å²) in [7, 11) is 1.62. The Morgan fingerprint density at radius 2 is 1.95 bits per heavy atom. The summed E-state index contributed by atoms with van der Waals surface area (Å²) in [4.78, 5) is 11.0. The Morgan fingerprint density at radius 1 is 1.20 bits per heavy atom. The molecule has 0 saturated carbocycles. The maximum atomic E-state index is 13.9. The summed E-state index contributed by atoms with van der Waals surface area (Å²) in [5.74, 6) is -2.88. The lowest BCUT2D eigenvalue weighted by molar-refractivity contribution is 0.0542. The fourth-order valence-corrected chi connectivity index (χ4v) is 5.24. The zero-order valence-corrected chi connectivity index (χ0v) is 24.2. The van der Waals surface area contributed by atoms with Crippen molar-refractivity contribution >= 4 is 11.7 Å². The first-order chi connectivity index (χ1) is 19.6. The van der Waals surface area contributed by atoms with Crippen LogP contribution >= 0.6 is 0 Å². The van der Waals surface area contributed by atoms with Gasteiger partial charge in [-0.3, -0.25) is 15.6 Å². The van der Waals surface area contributed by atoms with E-state index in [4.69, 9.17) is 9.73 Å². The second-order valence-corrected chi connectivity index (χ2v) is 10.8. The molecule has 6 unspecified atom stereocenters. The minimum absolute atomic E-state index is 0.0142. The molecule has 6 atom stereocenters. The Balaban J connectivity index is 1.39. The van der Waals surface area contributed by atoms with Crippen molar-refractivity contribution in [2.75, 3.05) is 13.7 Å². The van der Waals surface area contributed by atoms with Crippen LogP contribution in [0.1, 0.15) is 39.2 Å². The first-order valence-corrected chi connectivity index (χ1v) is 14.2. The van der Waals surface area contributed by atoms with Gasteiger partial charge in [-0.1, -0.05) is 67.6 Å². The number of rotatable bonds is 11. The number of allylic oxidation sites excluding steroid dienone is 3. The number of amidine groups is 2. The molecule has 0 saturated heterocycles. The number of halogens is 2. The standard InChI is InChI=1S/C31H42F2N6O2/c1-21-18-22(2)36-30(31(3,32)33)35-16-14-26(21)38-27(41-4)15-17-34-29(40)28-37-24-12-8-9-13-25(19-24)39(28)20-23-10-6-5-7-11-23/h5-14,16,18,21,24-27,29,34,38,40H,15,17,19-20H2,1-4H3,(H,35,36)/b16-14+,22-18+. The number of hydrogen-bond acceptors (Lipinski definition) is 8. The van der Waals surface area contributed by atoms with E-state index in [-0.39, 0.29) is 30.3 Å². The van der Waals surface area contributed by atoms with Crippen LogP contribution < -0.4 is 16.0 Å². The number of aliphatic hydroxyl groups is 1. The number of fused-ring (bicyclic) bond motifs is 2. The molecular weight excluding hydrogens is 526 g/mol. The van der Waals surface area contributed by atoms with Crippen molar-refractivity contribution in [2.24, 2.45) is 15.9 Å². The van der Waals surface area contributed by atoms with Gasteiger partial charge in [-0.05, 0) is 37.3 Å². The lowest BCUT2D eigenvalue weighted by atomic mass is 10.00. The summed E-state index contributed by atoms with van der Waals surface area (Å²) in [6.45, 7) is 5.67. The van der Waals surface area contributed by atoms with E-state index >= 15 is 0 Å². The highest BCUT2D eigenvalue weighted by Crippen LogP contribution is 2.25. The molecule has 0 amide bonds. The van der Waals surface area contributed by atoms with Crippen LogP contribution in [-0.4, -0.2) is 71.8 Å². The van der Waals surface area contributed by atoms with E-state index in [1.165, 1.54) is 6.20 Å². The molecule has 222 valence electrons. The van der Waals surface area contributed by atoms with E-state index in [0.717, 1.165) is 18.9 Å². The number of nitrogens with zero attached hydrogens (tertiary/aromatic N) is 3. The fraction of sp³-hybridized carbons (Fsp3) is 0.484. The van der Waals surface area contributed by atoms with Crippen LogP contribution in [0.5, 0.6) is 0 Å². The van der Waals surface area contributed by atoms with Gasteiger partial charge in [-0.15, -0.1) is 0 Å². The number of methoxy groups -OCH3 is 1. The number of hydrogen-bond donors (Lipinski definition) is 4. The largest absolute Gasteiger partial charge is 0.371 e. The summed E-state index contributed by atoms with van der Waals surface area (Å²) in [5.41, 5.74) is 1.75. The number of nitrogens with one attached hydrogen (secondary N) is 3. The highest BCUT2D eigenvalue weighted by atomic mass is 19.3. The van der Waals surface area contributed by atoms with Crippen LogP contribution in [0.15, 0.2) is 88.7 Å². The summed E-state index contributed by atoms with van der Waals surface area (Å²) in [6.07, 6.45) is 13.5. The van der Waals surface area contributed by atoms with Crippen LogP contribution in [0.25, 0.3) is 0 Å². The maximum Gasteiger partial charge on any atom is 0.301 e. The van der Waals surface area contributed by atoms with Crippen LogP contribution in [-0.2, 0) is 11.3 Å². The highest BCUT2D eigenvalue weighted by molar-refractivity contribution is 5.90. The number of alkyl halides is 2. The molecule has 1 aliphatic carbocycles. The monoisotopic (exact) mass is 568 g/mol. The average molecular weight is 569 g/mol. The number of benzene rings is 1. The number of aliphatic imine (C=N–C) groups is 2. The second kappa shape index (κ2) is 14.1. The van der Waals surface area contributed by atoms with Crippen molar-refractivity contribution in [1.29, 1.82) is 0 Å².